The Balaban J connectivity index is 2.27. The van der Waals surface area contributed by atoms with Gasteiger partial charge in [-0.25, -0.2) is 4.79 Å². The van der Waals surface area contributed by atoms with Gasteiger partial charge in [0.2, 0.25) is 0 Å². The fourth-order valence-corrected chi connectivity index (χ4v) is 2.85. The van der Waals surface area contributed by atoms with Gasteiger partial charge in [-0.15, -0.1) is 0 Å². The van der Waals surface area contributed by atoms with Crippen LogP contribution in [0.4, 0.5) is 0 Å². The Morgan fingerprint density at radius 3 is 2.30 bits per heavy atom. The predicted octanol–water partition coefficient (Wildman–Crippen LogP) is -0.0219. The molecule has 0 radical (unpaired) electrons. The first-order valence-corrected chi connectivity index (χ1v) is 8.18. The third-order valence-corrected chi connectivity index (χ3v) is 3.87. The first-order chi connectivity index (χ1) is 12.7. The number of aliphatic carboxylic acids is 1. The zero-order valence-electron chi connectivity index (χ0n) is 15.1. The van der Waals surface area contributed by atoms with Crippen LogP contribution < -0.4 is 0 Å². The fraction of sp³-hybridized carbons (Fsp3) is 0.529. The Morgan fingerprint density at radius 1 is 1.11 bits per heavy atom. The van der Waals surface area contributed by atoms with E-state index in [1.807, 2.05) is 0 Å². The lowest BCUT2D eigenvalue weighted by atomic mass is 10.1. The molecule has 4 unspecified atom stereocenters. The minimum Gasteiger partial charge on any atom is -0.478 e. The monoisotopic (exact) mass is 383 g/mol. The third kappa shape index (κ3) is 5.30. The minimum absolute atomic E-state index is 0.0126. The summed E-state index contributed by atoms with van der Waals surface area (Å²) in [7, 11) is 0. The first-order valence-electron chi connectivity index (χ1n) is 8.18. The number of carboxylic acids is 1. The van der Waals surface area contributed by atoms with Gasteiger partial charge in [-0.05, 0) is 12.2 Å². The van der Waals surface area contributed by atoms with Crippen LogP contribution in [0.15, 0.2) is 23.9 Å². The number of carbonyl (C=O) groups is 4. The quantitative estimate of drug-likeness (QED) is 0.493. The molecule has 10 heteroatoms. The molecule has 0 aromatic carbocycles. The Bertz CT molecular complexity index is 684. The van der Waals surface area contributed by atoms with Gasteiger partial charge in [0.15, 0.2) is 18.4 Å². The summed E-state index contributed by atoms with van der Waals surface area (Å²) in [6, 6.07) is 0. The second-order valence-electron chi connectivity index (χ2n) is 6.03. The van der Waals surface area contributed by atoms with Crippen LogP contribution in [0.3, 0.4) is 0 Å². The van der Waals surface area contributed by atoms with Gasteiger partial charge in [0, 0.05) is 27.0 Å². The molecule has 0 bridgehead atoms. The Labute approximate surface area is 155 Å². The number of carboxylic acid groups (broad SMARTS) is 1. The van der Waals surface area contributed by atoms with E-state index < -0.39 is 48.4 Å². The lowest BCUT2D eigenvalue weighted by molar-refractivity contribution is -0.167. The summed E-state index contributed by atoms with van der Waals surface area (Å²) in [6.07, 6.45) is 0.647. The van der Waals surface area contributed by atoms with Gasteiger partial charge in [-0.3, -0.25) is 14.4 Å². The average Bonchev–Trinajstić information content (AvgIpc) is 2.89. The summed E-state index contributed by atoms with van der Waals surface area (Å²) in [6.45, 7) is 3.36. The molecule has 1 saturated heterocycles. The molecule has 1 N–H and O–H groups in total. The van der Waals surface area contributed by atoms with E-state index in [2.05, 4.69) is 0 Å². The molecule has 27 heavy (non-hydrogen) atoms. The average molecular weight is 383 g/mol. The summed E-state index contributed by atoms with van der Waals surface area (Å²) in [5, 5.41) is 9.20. The van der Waals surface area contributed by atoms with E-state index in [1.54, 1.807) is 6.20 Å². The standard InChI is InChI=1S/C17H21NO9/c1-9(19)24-8-13-14(25-10(2)20)15(26-11(3)21)16(27-13)18-6-4-5-12(7-18)17(22)23/h4-6,13-16H,7-8H2,1-3H3,(H,22,23). The molecule has 1 fully saturated rings. The van der Waals surface area contributed by atoms with Crippen molar-refractivity contribution in [3.63, 3.8) is 0 Å². The molecule has 0 aromatic heterocycles. The van der Waals surface area contributed by atoms with Crippen molar-refractivity contribution in [1.29, 1.82) is 0 Å². The van der Waals surface area contributed by atoms with Gasteiger partial charge in [-0.1, -0.05) is 0 Å². The van der Waals surface area contributed by atoms with Crippen LogP contribution in [-0.2, 0) is 38.1 Å². The van der Waals surface area contributed by atoms with Crippen LogP contribution >= 0.6 is 0 Å². The maximum Gasteiger partial charge on any atom is 0.333 e. The highest BCUT2D eigenvalue weighted by molar-refractivity contribution is 5.87. The van der Waals surface area contributed by atoms with Crippen molar-refractivity contribution >= 4 is 23.9 Å². The smallest absolute Gasteiger partial charge is 0.333 e. The second-order valence-corrected chi connectivity index (χ2v) is 6.03. The van der Waals surface area contributed by atoms with Crippen molar-refractivity contribution in [1.82, 2.24) is 4.90 Å². The highest BCUT2D eigenvalue weighted by Gasteiger charge is 2.51. The van der Waals surface area contributed by atoms with Gasteiger partial charge >= 0.3 is 23.9 Å². The highest BCUT2D eigenvalue weighted by Crippen LogP contribution is 2.31. The number of ether oxygens (including phenoxy) is 4. The second kappa shape index (κ2) is 8.67. The zero-order valence-corrected chi connectivity index (χ0v) is 15.1. The van der Waals surface area contributed by atoms with Gasteiger partial charge in [-0.2, -0.15) is 0 Å². The van der Waals surface area contributed by atoms with Crippen molar-refractivity contribution < 1.29 is 43.2 Å². The lowest BCUT2D eigenvalue weighted by Gasteiger charge is -2.32. The van der Waals surface area contributed by atoms with Gasteiger partial charge in [0.25, 0.3) is 0 Å². The van der Waals surface area contributed by atoms with Crippen LogP contribution in [-0.4, -0.2) is 71.6 Å². The highest BCUT2D eigenvalue weighted by atomic mass is 16.7. The van der Waals surface area contributed by atoms with Gasteiger partial charge in [0.1, 0.15) is 12.7 Å². The molecule has 10 nitrogen and oxygen atoms in total. The molecule has 2 aliphatic heterocycles. The van der Waals surface area contributed by atoms with E-state index in [-0.39, 0.29) is 18.7 Å². The van der Waals surface area contributed by atoms with Crippen molar-refractivity contribution in [2.45, 2.75) is 45.3 Å². The van der Waals surface area contributed by atoms with E-state index in [0.717, 1.165) is 0 Å². The maximum atomic E-state index is 11.6. The molecule has 0 aliphatic carbocycles. The van der Waals surface area contributed by atoms with Crippen LogP contribution in [0.1, 0.15) is 20.8 Å². The molecule has 2 heterocycles. The van der Waals surface area contributed by atoms with Crippen molar-refractivity contribution in [3.8, 4) is 0 Å². The summed E-state index contributed by atoms with van der Waals surface area (Å²) in [5.74, 6) is -2.91. The van der Waals surface area contributed by atoms with Crippen molar-refractivity contribution in [2.24, 2.45) is 0 Å². The number of hydrogen-bond acceptors (Lipinski definition) is 9. The van der Waals surface area contributed by atoms with Crippen LogP contribution in [0.5, 0.6) is 0 Å². The summed E-state index contributed by atoms with van der Waals surface area (Å²) >= 11 is 0. The molecule has 0 saturated carbocycles. The van der Waals surface area contributed by atoms with E-state index in [1.165, 1.54) is 37.8 Å². The fourth-order valence-electron chi connectivity index (χ4n) is 2.85. The largest absolute Gasteiger partial charge is 0.478 e. The number of rotatable bonds is 6. The Kier molecular flexibility index (Phi) is 6.56. The topological polar surface area (TPSA) is 129 Å². The zero-order chi connectivity index (χ0) is 20.1. The molecule has 148 valence electrons. The molecular formula is C17H21NO9. The summed E-state index contributed by atoms with van der Waals surface area (Å²) in [4.78, 5) is 46.9. The molecule has 4 atom stereocenters. The number of hydrogen-bond donors (Lipinski definition) is 1. The molecule has 0 aromatic rings. The van der Waals surface area contributed by atoms with E-state index in [9.17, 15) is 24.3 Å². The minimum atomic E-state index is -1.10. The Morgan fingerprint density at radius 2 is 1.74 bits per heavy atom. The maximum absolute atomic E-state index is 11.6. The van der Waals surface area contributed by atoms with E-state index in [0.29, 0.717) is 0 Å². The summed E-state index contributed by atoms with van der Waals surface area (Å²) < 4.78 is 21.3. The molecule has 0 spiro atoms. The van der Waals surface area contributed by atoms with Crippen LogP contribution in [0, 0.1) is 0 Å². The molecule has 2 rings (SSSR count). The number of nitrogens with zero attached hydrogens (tertiary/aromatic N) is 1. The van der Waals surface area contributed by atoms with Gasteiger partial charge in [0.05, 0.1) is 12.1 Å². The number of esters is 3. The molecule has 0 amide bonds. The van der Waals surface area contributed by atoms with E-state index >= 15 is 0 Å². The van der Waals surface area contributed by atoms with Crippen molar-refractivity contribution in [3.05, 3.63) is 23.9 Å². The van der Waals surface area contributed by atoms with E-state index in [4.69, 9.17) is 18.9 Å². The SMILES string of the molecule is CC(=O)OCC1OC(N2C=CC=C(C(=O)O)C2)C(OC(C)=O)C1OC(C)=O. The van der Waals surface area contributed by atoms with Crippen LogP contribution in [0.25, 0.3) is 0 Å². The lowest BCUT2D eigenvalue weighted by Crippen LogP contribution is -2.46. The molecule has 2 aliphatic rings. The predicted molar refractivity (Wildman–Crippen MR) is 88.0 cm³/mol. The number of carbonyl (C=O) groups excluding carboxylic acids is 3. The first kappa shape index (κ1) is 20.4. The number of allylic oxidation sites excluding steroid dienone is 2. The van der Waals surface area contributed by atoms with Gasteiger partial charge < -0.3 is 29.0 Å². The van der Waals surface area contributed by atoms with Crippen LogP contribution in [0.2, 0.25) is 0 Å². The Hall–Kier alpha value is -2.88. The molecular weight excluding hydrogens is 362 g/mol. The third-order valence-electron chi connectivity index (χ3n) is 3.87. The summed E-state index contributed by atoms with van der Waals surface area (Å²) in [5.41, 5.74) is 0.107. The van der Waals surface area contributed by atoms with Crippen molar-refractivity contribution in [2.75, 3.05) is 13.2 Å². The normalized spacial score (nSPS) is 26.9.